The number of piperidine rings is 1. The van der Waals surface area contributed by atoms with Gasteiger partial charge in [-0.15, -0.1) is 0 Å². The van der Waals surface area contributed by atoms with Gasteiger partial charge in [0.25, 0.3) is 5.91 Å². The van der Waals surface area contributed by atoms with Crippen LogP contribution in [0.5, 0.6) is 0 Å². The van der Waals surface area contributed by atoms with Gasteiger partial charge in [0.15, 0.2) is 0 Å². The highest BCUT2D eigenvalue weighted by Crippen LogP contribution is 2.29. The molecule has 156 valence electrons. The van der Waals surface area contributed by atoms with Gasteiger partial charge in [0, 0.05) is 43.5 Å². The zero-order valence-corrected chi connectivity index (χ0v) is 18.0. The molecule has 1 atom stereocenters. The number of carbonyl (C=O) groups is 1. The monoisotopic (exact) mass is 389 g/mol. The number of likely N-dealkylation sites (N-methyl/N-ethyl adjacent to an activating group) is 1. The van der Waals surface area contributed by atoms with Gasteiger partial charge in [-0.2, -0.15) is 0 Å². The summed E-state index contributed by atoms with van der Waals surface area (Å²) in [5.41, 5.74) is 1.28. The number of aryl methyl sites for hydroxylation is 1. The van der Waals surface area contributed by atoms with Crippen molar-refractivity contribution in [3.05, 3.63) is 17.1 Å². The third-order valence-corrected chi connectivity index (χ3v) is 6.44. The summed E-state index contributed by atoms with van der Waals surface area (Å²) in [4.78, 5) is 28.6. The molecule has 0 spiro atoms. The van der Waals surface area contributed by atoms with Crippen molar-refractivity contribution in [1.29, 1.82) is 0 Å². The third kappa shape index (κ3) is 4.30. The third-order valence-electron chi connectivity index (χ3n) is 6.44. The van der Waals surface area contributed by atoms with Crippen LogP contribution < -0.4 is 4.90 Å². The van der Waals surface area contributed by atoms with Crippen molar-refractivity contribution in [2.24, 2.45) is 0 Å². The number of aliphatic hydroxyl groups is 1. The maximum absolute atomic E-state index is 13.1. The molecule has 0 unspecified atom stereocenters. The molecule has 7 heteroatoms. The number of anilines is 1. The lowest BCUT2D eigenvalue weighted by Gasteiger charge is -2.38. The Morgan fingerprint density at radius 3 is 2.46 bits per heavy atom. The van der Waals surface area contributed by atoms with E-state index < -0.39 is 5.60 Å². The summed E-state index contributed by atoms with van der Waals surface area (Å²) in [7, 11) is 4.22. The number of hydrogen-bond donors (Lipinski definition) is 1. The van der Waals surface area contributed by atoms with E-state index in [2.05, 4.69) is 35.8 Å². The minimum Gasteiger partial charge on any atom is -0.390 e. The van der Waals surface area contributed by atoms with E-state index in [0.717, 1.165) is 49.4 Å². The van der Waals surface area contributed by atoms with Gasteiger partial charge in [0.1, 0.15) is 5.82 Å². The number of likely N-dealkylation sites (tertiary alicyclic amines) is 1. The van der Waals surface area contributed by atoms with E-state index in [1.54, 1.807) is 4.90 Å². The van der Waals surface area contributed by atoms with Crippen LogP contribution in [0.15, 0.2) is 0 Å². The van der Waals surface area contributed by atoms with Crippen LogP contribution in [0.3, 0.4) is 0 Å². The van der Waals surface area contributed by atoms with Crippen molar-refractivity contribution in [3.63, 3.8) is 0 Å². The zero-order valence-electron chi connectivity index (χ0n) is 18.0. The Bertz CT molecular complexity index is 713. The van der Waals surface area contributed by atoms with E-state index in [4.69, 9.17) is 4.98 Å². The van der Waals surface area contributed by atoms with Crippen molar-refractivity contribution in [2.45, 2.75) is 64.5 Å². The van der Waals surface area contributed by atoms with Gasteiger partial charge in [-0.1, -0.05) is 13.3 Å². The largest absolute Gasteiger partial charge is 0.390 e. The van der Waals surface area contributed by atoms with Gasteiger partial charge in [-0.05, 0) is 53.6 Å². The molecule has 0 radical (unpaired) electrons. The van der Waals surface area contributed by atoms with Gasteiger partial charge >= 0.3 is 0 Å². The lowest BCUT2D eigenvalue weighted by atomic mass is 9.87. The second kappa shape index (κ2) is 8.33. The standard InChI is InChI=1S/C21H35N5O2/c1-6-8-21(28)9-12-25(13-10-21)20(27)18-22-16(3)15(2)19(23-18)26-11-7-17(14-26)24(4)5/h17,28H,6-14H2,1-5H3/t17-/m1/s1. The van der Waals surface area contributed by atoms with Crippen LogP contribution in [0.25, 0.3) is 0 Å². The van der Waals surface area contributed by atoms with Crippen molar-refractivity contribution in [3.8, 4) is 0 Å². The van der Waals surface area contributed by atoms with Crippen molar-refractivity contribution in [2.75, 3.05) is 45.2 Å². The molecule has 0 saturated carbocycles. The van der Waals surface area contributed by atoms with Crippen LogP contribution in [0.2, 0.25) is 0 Å². The summed E-state index contributed by atoms with van der Waals surface area (Å²) in [6, 6.07) is 0.507. The SMILES string of the molecule is CCCC1(O)CCN(C(=O)c2nc(C)c(C)c(N3CC[C@@H](N(C)C)C3)n2)CC1. The Morgan fingerprint density at radius 1 is 1.21 bits per heavy atom. The number of nitrogens with zero attached hydrogens (tertiary/aromatic N) is 5. The molecule has 3 heterocycles. The Hall–Kier alpha value is -1.73. The van der Waals surface area contributed by atoms with E-state index >= 15 is 0 Å². The molecule has 1 aromatic rings. The van der Waals surface area contributed by atoms with Crippen molar-refractivity contribution < 1.29 is 9.90 Å². The predicted octanol–water partition coefficient (Wildman–Crippen LogP) is 2.00. The van der Waals surface area contributed by atoms with Crippen LogP contribution in [0, 0.1) is 13.8 Å². The molecule has 0 aliphatic carbocycles. The first-order valence-corrected chi connectivity index (χ1v) is 10.5. The quantitative estimate of drug-likeness (QED) is 0.830. The van der Waals surface area contributed by atoms with Crippen LogP contribution in [-0.4, -0.2) is 82.7 Å². The second-order valence-corrected chi connectivity index (χ2v) is 8.70. The molecule has 1 amide bonds. The normalized spacial score (nSPS) is 22.2. The number of aromatic nitrogens is 2. The van der Waals surface area contributed by atoms with E-state index in [0.29, 0.717) is 32.0 Å². The zero-order chi connectivity index (χ0) is 20.5. The summed E-state index contributed by atoms with van der Waals surface area (Å²) in [6.45, 7) is 9.06. The summed E-state index contributed by atoms with van der Waals surface area (Å²) >= 11 is 0. The fourth-order valence-corrected chi connectivity index (χ4v) is 4.36. The summed E-state index contributed by atoms with van der Waals surface area (Å²) in [5.74, 6) is 1.05. The average molecular weight is 390 g/mol. The molecule has 3 rings (SSSR count). The molecular formula is C21H35N5O2. The summed E-state index contributed by atoms with van der Waals surface area (Å²) in [6.07, 6.45) is 4.10. The summed E-state index contributed by atoms with van der Waals surface area (Å²) < 4.78 is 0. The lowest BCUT2D eigenvalue weighted by molar-refractivity contribution is -0.0235. The molecule has 2 fully saturated rings. The van der Waals surface area contributed by atoms with E-state index in [1.807, 2.05) is 13.8 Å². The highest BCUT2D eigenvalue weighted by molar-refractivity contribution is 5.91. The van der Waals surface area contributed by atoms with E-state index in [9.17, 15) is 9.90 Å². The Kier molecular flexibility index (Phi) is 6.25. The maximum atomic E-state index is 13.1. The maximum Gasteiger partial charge on any atom is 0.291 e. The number of hydrogen-bond acceptors (Lipinski definition) is 6. The molecular weight excluding hydrogens is 354 g/mol. The highest BCUT2D eigenvalue weighted by atomic mass is 16.3. The Balaban J connectivity index is 1.76. The Labute approximate surface area is 168 Å². The van der Waals surface area contributed by atoms with Gasteiger partial charge in [0.05, 0.1) is 5.60 Å². The van der Waals surface area contributed by atoms with Gasteiger partial charge in [-0.3, -0.25) is 4.79 Å². The fourth-order valence-electron chi connectivity index (χ4n) is 4.36. The van der Waals surface area contributed by atoms with Gasteiger partial charge in [0.2, 0.25) is 5.82 Å². The molecule has 7 nitrogen and oxygen atoms in total. The summed E-state index contributed by atoms with van der Waals surface area (Å²) in [5, 5.41) is 10.6. The first-order valence-electron chi connectivity index (χ1n) is 10.5. The second-order valence-electron chi connectivity index (χ2n) is 8.70. The minimum absolute atomic E-state index is 0.119. The number of amides is 1. The molecule has 2 aliphatic heterocycles. The average Bonchev–Trinajstić information content (AvgIpc) is 3.14. The minimum atomic E-state index is -0.627. The molecule has 28 heavy (non-hydrogen) atoms. The predicted molar refractivity (Wildman–Crippen MR) is 111 cm³/mol. The lowest BCUT2D eigenvalue weighted by Crippen LogP contribution is -2.47. The van der Waals surface area contributed by atoms with Gasteiger partial charge in [-0.25, -0.2) is 9.97 Å². The van der Waals surface area contributed by atoms with Crippen molar-refractivity contribution >= 4 is 11.7 Å². The molecule has 1 aromatic heterocycles. The van der Waals surface area contributed by atoms with Crippen LogP contribution in [0.1, 0.15) is 60.9 Å². The molecule has 2 aliphatic rings. The first-order chi connectivity index (χ1) is 13.2. The topological polar surface area (TPSA) is 72.8 Å². The molecule has 2 saturated heterocycles. The highest BCUT2D eigenvalue weighted by Gasteiger charge is 2.34. The molecule has 0 aromatic carbocycles. The Morgan fingerprint density at radius 2 is 1.89 bits per heavy atom. The van der Waals surface area contributed by atoms with Crippen LogP contribution >= 0.6 is 0 Å². The van der Waals surface area contributed by atoms with Crippen LogP contribution in [-0.2, 0) is 0 Å². The smallest absolute Gasteiger partial charge is 0.291 e. The van der Waals surface area contributed by atoms with Crippen molar-refractivity contribution in [1.82, 2.24) is 19.8 Å². The van der Waals surface area contributed by atoms with Crippen LogP contribution in [0.4, 0.5) is 5.82 Å². The number of carbonyl (C=O) groups excluding carboxylic acids is 1. The van der Waals surface area contributed by atoms with E-state index in [1.165, 1.54) is 0 Å². The van der Waals surface area contributed by atoms with E-state index in [-0.39, 0.29) is 11.7 Å². The van der Waals surface area contributed by atoms with Gasteiger partial charge < -0.3 is 19.8 Å². The molecule has 1 N–H and O–H groups in total. The fraction of sp³-hybridized carbons (Fsp3) is 0.762. The number of rotatable bonds is 5. The molecule has 0 bridgehead atoms. The first kappa shape index (κ1) is 21.0.